The van der Waals surface area contributed by atoms with Crippen molar-refractivity contribution in [2.75, 3.05) is 14.2 Å². The van der Waals surface area contributed by atoms with Crippen LogP contribution >= 0.6 is 0 Å². The summed E-state index contributed by atoms with van der Waals surface area (Å²) < 4.78 is 10.9. The Labute approximate surface area is 256 Å². The predicted octanol–water partition coefficient (Wildman–Crippen LogP) is 11.3. The molecule has 8 aromatic carbocycles. The van der Waals surface area contributed by atoms with Crippen LogP contribution in [-0.2, 0) is 0 Å². The van der Waals surface area contributed by atoms with E-state index in [2.05, 4.69) is 133 Å². The Hall–Kier alpha value is -5.60. The zero-order valence-corrected chi connectivity index (χ0v) is 24.7. The van der Waals surface area contributed by atoms with E-state index in [0.29, 0.717) is 0 Å². The maximum atomic E-state index is 5.43. The van der Waals surface area contributed by atoms with Gasteiger partial charge in [0.25, 0.3) is 0 Å². The summed E-state index contributed by atoms with van der Waals surface area (Å²) in [6.45, 7) is 0. The molecule has 0 spiro atoms. The molecule has 0 saturated carbocycles. The maximum absolute atomic E-state index is 5.43. The monoisotopic (exact) mass is 566 g/mol. The van der Waals surface area contributed by atoms with Gasteiger partial charge in [-0.3, -0.25) is 0 Å². The van der Waals surface area contributed by atoms with Crippen molar-refractivity contribution in [2.45, 2.75) is 0 Å². The number of methoxy groups -OCH3 is 2. The number of fused-ring (bicyclic) bond motifs is 4. The second-order valence-electron chi connectivity index (χ2n) is 11.3. The molecule has 210 valence electrons. The summed E-state index contributed by atoms with van der Waals surface area (Å²) in [4.78, 5) is 0. The highest BCUT2D eigenvalue weighted by Crippen LogP contribution is 2.41. The van der Waals surface area contributed by atoms with Gasteiger partial charge in [0.1, 0.15) is 11.5 Å². The molecule has 0 amide bonds. The first-order chi connectivity index (χ1) is 21.7. The second-order valence-corrected chi connectivity index (χ2v) is 11.3. The van der Waals surface area contributed by atoms with E-state index in [9.17, 15) is 0 Å². The van der Waals surface area contributed by atoms with E-state index in [0.717, 1.165) is 11.5 Å². The lowest BCUT2D eigenvalue weighted by Gasteiger charge is -2.16. The molecule has 0 atom stereocenters. The van der Waals surface area contributed by atoms with Crippen LogP contribution in [0.1, 0.15) is 0 Å². The molecule has 2 heteroatoms. The van der Waals surface area contributed by atoms with E-state index in [-0.39, 0.29) is 0 Å². The van der Waals surface area contributed by atoms with Gasteiger partial charge in [-0.1, -0.05) is 109 Å². The minimum absolute atomic E-state index is 0.875. The van der Waals surface area contributed by atoms with E-state index in [1.165, 1.54) is 76.5 Å². The summed E-state index contributed by atoms with van der Waals surface area (Å²) in [7, 11) is 3.42. The zero-order valence-electron chi connectivity index (χ0n) is 24.7. The van der Waals surface area contributed by atoms with Crippen molar-refractivity contribution in [3.8, 4) is 44.9 Å². The number of rotatable bonds is 5. The molecule has 8 rings (SSSR count). The minimum Gasteiger partial charge on any atom is -0.497 e. The van der Waals surface area contributed by atoms with Crippen LogP contribution in [0.2, 0.25) is 0 Å². The molecule has 0 aliphatic carbocycles. The summed E-state index contributed by atoms with van der Waals surface area (Å²) in [5.74, 6) is 1.75. The van der Waals surface area contributed by atoms with Crippen LogP contribution in [0.4, 0.5) is 0 Å². The number of hydrogen-bond donors (Lipinski definition) is 0. The van der Waals surface area contributed by atoms with Crippen LogP contribution in [0.25, 0.3) is 76.5 Å². The van der Waals surface area contributed by atoms with E-state index < -0.39 is 0 Å². The lowest BCUT2D eigenvalue weighted by atomic mass is 9.88. The molecular weight excluding hydrogens is 536 g/mol. The normalized spacial score (nSPS) is 11.4. The fraction of sp³-hybridized carbons (Fsp3) is 0.0476. The van der Waals surface area contributed by atoms with E-state index in [1.54, 1.807) is 14.2 Å². The van der Waals surface area contributed by atoms with Crippen LogP contribution in [0.15, 0.2) is 146 Å². The van der Waals surface area contributed by atoms with Gasteiger partial charge in [0.15, 0.2) is 0 Å². The molecule has 0 aliphatic rings. The summed E-state index contributed by atoms with van der Waals surface area (Å²) >= 11 is 0. The number of benzene rings is 8. The third-order valence-electron chi connectivity index (χ3n) is 8.85. The summed E-state index contributed by atoms with van der Waals surface area (Å²) in [6, 6.07) is 52.5. The fourth-order valence-corrected chi connectivity index (χ4v) is 6.62. The Morgan fingerprint density at radius 1 is 0.318 bits per heavy atom. The van der Waals surface area contributed by atoms with Crippen molar-refractivity contribution in [3.63, 3.8) is 0 Å². The molecule has 2 nitrogen and oxygen atoms in total. The predicted molar refractivity (Wildman–Crippen MR) is 186 cm³/mol. The van der Waals surface area contributed by atoms with Gasteiger partial charge >= 0.3 is 0 Å². The first kappa shape index (κ1) is 26.1. The standard InChI is InChI=1S/C42H30O2/c1-43-33-19-17-27-23-31(15-13-29(27)25-33)35-9-5-11-40-38(35)10-6-12-41(40)42-22-21-36(37-7-3-4-8-39(37)42)32-16-14-30-26-34(44-2)20-18-28(30)24-32/h3-26H,1-2H3. The highest BCUT2D eigenvalue weighted by molar-refractivity contribution is 6.12. The van der Waals surface area contributed by atoms with Gasteiger partial charge in [0.05, 0.1) is 14.2 Å². The largest absolute Gasteiger partial charge is 0.497 e. The summed E-state index contributed by atoms with van der Waals surface area (Å²) in [6.07, 6.45) is 0. The van der Waals surface area contributed by atoms with Gasteiger partial charge in [-0.25, -0.2) is 0 Å². The molecule has 8 aromatic rings. The molecule has 0 saturated heterocycles. The van der Waals surface area contributed by atoms with Crippen molar-refractivity contribution >= 4 is 43.1 Å². The first-order valence-corrected chi connectivity index (χ1v) is 14.9. The first-order valence-electron chi connectivity index (χ1n) is 14.9. The van der Waals surface area contributed by atoms with Crippen molar-refractivity contribution in [1.82, 2.24) is 0 Å². The Balaban J connectivity index is 1.27. The van der Waals surface area contributed by atoms with E-state index in [4.69, 9.17) is 9.47 Å². The van der Waals surface area contributed by atoms with Crippen molar-refractivity contribution in [1.29, 1.82) is 0 Å². The molecule has 44 heavy (non-hydrogen) atoms. The zero-order chi connectivity index (χ0) is 29.6. The molecular formula is C42H30O2. The van der Waals surface area contributed by atoms with Gasteiger partial charge in [-0.15, -0.1) is 0 Å². The maximum Gasteiger partial charge on any atom is 0.119 e. The highest BCUT2D eigenvalue weighted by atomic mass is 16.5. The van der Waals surface area contributed by atoms with Crippen LogP contribution in [-0.4, -0.2) is 14.2 Å². The van der Waals surface area contributed by atoms with Gasteiger partial charge in [0, 0.05) is 0 Å². The Morgan fingerprint density at radius 2 is 0.705 bits per heavy atom. The molecule has 0 aliphatic heterocycles. The van der Waals surface area contributed by atoms with E-state index >= 15 is 0 Å². The van der Waals surface area contributed by atoms with Crippen LogP contribution in [0.3, 0.4) is 0 Å². The van der Waals surface area contributed by atoms with Gasteiger partial charge in [-0.2, -0.15) is 0 Å². The Kier molecular flexibility index (Phi) is 6.27. The minimum atomic E-state index is 0.875. The van der Waals surface area contributed by atoms with Crippen molar-refractivity contribution in [3.05, 3.63) is 146 Å². The number of hydrogen-bond acceptors (Lipinski definition) is 2. The lowest BCUT2D eigenvalue weighted by Crippen LogP contribution is -1.89. The molecule has 0 bridgehead atoms. The second kappa shape index (κ2) is 10.6. The molecule has 0 N–H and O–H groups in total. The third-order valence-corrected chi connectivity index (χ3v) is 8.85. The van der Waals surface area contributed by atoms with Crippen molar-refractivity contribution < 1.29 is 9.47 Å². The summed E-state index contributed by atoms with van der Waals surface area (Å²) in [5, 5.41) is 9.73. The Bertz CT molecular complexity index is 2240. The quantitative estimate of drug-likeness (QED) is 0.206. The molecule has 0 aromatic heterocycles. The fourth-order valence-electron chi connectivity index (χ4n) is 6.62. The summed E-state index contributed by atoms with van der Waals surface area (Å²) in [5.41, 5.74) is 7.36. The van der Waals surface area contributed by atoms with Crippen LogP contribution in [0.5, 0.6) is 11.5 Å². The van der Waals surface area contributed by atoms with Crippen LogP contribution < -0.4 is 9.47 Å². The average Bonchev–Trinajstić information content (AvgIpc) is 3.09. The SMILES string of the molecule is COc1ccc2cc(-c3cccc4c(-c5ccc(-c6ccc7cc(OC)ccc7c6)c6ccccc56)cccc34)ccc2c1. The van der Waals surface area contributed by atoms with Gasteiger partial charge in [0.2, 0.25) is 0 Å². The smallest absolute Gasteiger partial charge is 0.119 e. The van der Waals surface area contributed by atoms with Crippen molar-refractivity contribution in [2.24, 2.45) is 0 Å². The Morgan fingerprint density at radius 3 is 1.25 bits per heavy atom. The molecule has 0 heterocycles. The highest BCUT2D eigenvalue weighted by Gasteiger charge is 2.14. The third kappa shape index (κ3) is 4.35. The molecule has 0 radical (unpaired) electrons. The average molecular weight is 567 g/mol. The van der Waals surface area contributed by atoms with E-state index in [1.807, 2.05) is 12.1 Å². The van der Waals surface area contributed by atoms with Gasteiger partial charge < -0.3 is 9.47 Å². The molecule has 0 unspecified atom stereocenters. The van der Waals surface area contributed by atoms with Gasteiger partial charge in [-0.05, 0) is 113 Å². The van der Waals surface area contributed by atoms with Crippen LogP contribution in [0, 0.1) is 0 Å². The topological polar surface area (TPSA) is 18.5 Å². The number of ether oxygens (including phenoxy) is 2. The lowest BCUT2D eigenvalue weighted by molar-refractivity contribution is 0.415. The molecule has 0 fully saturated rings.